The zero-order valence-corrected chi connectivity index (χ0v) is 8.81. The van der Waals surface area contributed by atoms with Gasteiger partial charge in [0.15, 0.2) is 0 Å². The van der Waals surface area contributed by atoms with E-state index in [-0.39, 0.29) is 5.82 Å². The van der Waals surface area contributed by atoms with Crippen molar-refractivity contribution in [3.8, 4) is 0 Å². The minimum absolute atomic E-state index is 0.227. The van der Waals surface area contributed by atoms with Gasteiger partial charge in [0.05, 0.1) is 6.54 Å². The van der Waals surface area contributed by atoms with Crippen LogP contribution in [0.5, 0.6) is 0 Å². The molecule has 0 saturated carbocycles. The molecule has 0 saturated heterocycles. The molecule has 84 valence electrons. The Kier molecular flexibility index (Phi) is 3.26. The standard InChI is InChI=1S/C11H13FN4/c12-10-3-1-9(2-4-10)7-16-8-14-15-11(16)5-6-13/h1-4,8H,5-7,13H2. The van der Waals surface area contributed by atoms with E-state index in [4.69, 9.17) is 5.73 Å². The Hall–Kier alpha value is -1.75. The van der Waals surface area contributed by atoms with Crippen molar-refractivity contribution in [2.45, 2.75) is 13.0 Å². The maximum Gasteiger partial charge on any atom is 0.134 e. The Bertz CT molecular complexity index is 449. The Morgan fingerprint density at radius 2 is 2.00 bits per heavy atom. The second-order valence-electron chi connectivity index (χ2n) is 3.54. The van der Waals surface area contributed by atoms with Crippen LogP contribution in [0.4, 0.5) is 4.39 Å². The Labute approximate surface area is 92.9 Å². The molecule has 0 spiro atoms. The summed E-state index contributed by atoms with van der Waals surface area (Å²) in [5.74, 6) is 0.626. The number of benzene rings is 1. The second-order valence-corrected chi connectivity index (χ2v) is 3.54. The quantitative estimate of drug-likeness (QED) is 0.835. The van der Waals surface area contributed by atoms with Crippen molar-refractivity contribution in [2.24, 2.45) is 5.73 Å². The van der Waals surface area contributed by atoms with Crippen LogP contribution < -0.4 is 5.73 Å². The minimum Gasteiger partial charge on any atom is -0.330 e. The smallest absolute Gasteiger partial charge is 0.134 e. The molecular formula is C11H13FN4. The van der Waals surface area contributed by atoms with Gasteiger partial charge in [-0.1, -0.05) is 12.1 Å². The molecule has 5 heteroatoms. The average molecular weight is 220 g/mol. The largest absolute Gasteiger partial charge is 0.330 e. The molecule has 1 aromatic carbocycles. The van der Waals surface area contributed by atoms with Crippen molar-refractivity contribution < 1.29 is 4.39 Å². The van der Waals surface area contributed by atoms with Crippen LogP contribution in [0.3, 0.4) is 0 Å². The fraction of sp³-hybridized carbons (Fsp3) is 0.273. The van der Waals surface area contributed by atoms with Gasteiger partial charge in [0.1, 0.15) is 18.0 Å². The fourth-order valence-corrected chi connectivity index (χ4v) is 1.52. The van der Waals surface area contributed by atoms with Gasteiger partial charge in [-0.15, -0.1) is 10.2 Å². The maximum atomic E-state index is 12.7. The van der Waals surface area contributed by atoms with E-state index in [1.807, 2.05) is 4.57 Å². The monoisotopic (exact) mass is 220 g/mol. The SMILES string of the molecule is NCCc1nncn1Cc1ccc(F)cc1. The van der Waals surface area contributed by atoms with Crippen LogP contribution in [0.2, 0.25) is 0 Å². The molecule has 0 aliphatic carbocycles. The lowest BCUT2D eigenvalue weighted by atomic mass is 10.2. The molecule has 1 heterocycles. The topological polar surface area (TPSA) is 56.7 Å². The van der Waals surface area contributed by atoms with Crippen LogP contribution in [-0.4, -0.2) is 21.3 Å². The number of nitrogens with two attached hydrogens (primary N) is 1. The summed E-state index contributed by atoms with van der Waals surface area (Å²) < 4.78 is 14.6. The van der Waals surface area contributed by atoms with Crippen LogP contribution in [0.25, 0.3) is 0 Å². The molecule has 0 atom stereocenters. The van der Waals surface area contributed by atoms with E-state index in [1.54, 1.807) is 18.5 Å². The number of hydrogen-bond donors (Lipinski definition) is 1. The summed E-state index contributed by atoms with van der Waals surface area (Å²) in [5.41, 5.74) is 6.48. The molecule has 0 amide bonds. The third-order valence-corrected chi connectivity index (χ3v) is 2.33. The normalized spacial score (nSPS) is 10.6. The van der Waals surface area contributed by atoms with Gasteiger partial charge < -0.3 is 10.3 Å². The van der Waals surface area contributed by atoms with E-state index in [1.165, 1.54) is 12.1 Å². The van der Waals surface area contributed by atoms with Crippen molar-refractivity contribution in [3.05, 3.63) is 47.8 Å². The number of hydrogen-bond acceptors (Lipinski definition) is 3. The molecule has 2 aromatic rings. The van der Waals surface area contributed by atoms with Crippen molar-refractivity contribution in [1.29, 1.82) is 0 Å². The molecule has 0 fully saturated rings. The molecule has 0 aliphatic heterocycles. The predicted molar refractivity (Wildman–Crippen MR) is 58.3 cm³/mol. The molecular weight excluding hydrogens is 207 g/mol. The Morgan fingerprint density at radius 3 is 2.69 bits per heavy atom. The first-order valence-corrected chi connectivity index (χ1v) is 5.11. The van der Waals surface area contributed by atoms with Gasteiger partial charge in [0.2, 0.25) is 0 Å². The Balaban J connectivity index is 2.13. The molecule has 2 N–H and O–H groups in total. The molecule has 4 nitrogen and oxygen atoms in total. The highest BCUT2D eigenvalue weighted by molar-refractivity contribution is 5.16. The van der Waals surface area contributed by atoms with Gasteiger partial charge in [-0.05, 0) is 24.2 Å². The van der Waals surface area contributed by atoms with Gasteiger partial charge in [-0.2, -0.15) is 0 Å². The summed E-state index contributed by atoms with van der Waals surface area (Å²) >= 11 is 0. The van der Waals surface area contributed by atoms with E-state index in [0.29, 0.717) is 19.5 Å². The summed E-state index contributed by atoms with van der Waals surface area (Å²) in [7, 11) is 0. The van der Waals surface area contributed by atoms with Crippen LogP contribution in [0.1, 0.15) is 11.4 Å². The average Bonchev–Trinajstić information content (AvgIpc) is 2.70. The van der Waals surface area contributed by atoms with Crippen molar-refractivity contribution in [2.75, 3.05) is 6.54 Å². The summed E-state index contributed by atoms with van der Waals surface area (Å²) in [6.07, 6.45) is 2.36. The van der Waals surface area contributed by atoms with Gasteiger partial charge in [-0.3, -0.25) is 0 Å². The number of rotatable bonds is 4. The fourth-order valence-electron chi connectivity index (χ4n) is 1.52. The molecule has 0 unspecified atom stereocenters. The van der Waals surface area contributed by atoms with Crippen molar-refractivity contribution in [3.63, 3.8) is 0 Å². The first-order valence-electron chi connectivity index (χ1n) is 5.11. The maximum absolute atomic E-state index is 12.7. The number of aromatic nitrogens is 3. The first kappa shape index (κ1) is 10.8. The summed E-state index contributed by atoms with van der Waals surface area (Å²) in [5, 5.41) is 7.82. The van der Waals surface area contributed by atoms with Crippen molar-refractivity contribution in [1.82, 2.24) is 14.8 Å². The van der Waals surface area contributed by atoms with Crippen LogP contribution in [0, 0.1) is 5.82 Å². The van der Waals surface area contributed by atoms with Crippen LogP contribution in [0.15, 0.2) is 30.6 Å². The third-order valence-electron chi connectivity index (χ3n) is 2.33. The second kappa shape index (κ2) is 4.85. The van der Waals surface area contributed by atoms with Gasteiger partial charge in [0.25, 0.3) is 0 Å². The minimum atomic E-state index is -0.227. The van der Waals surface area contributed by atoms with E-state index in [2.05, 4.69) is 10.2 Å². The van der Waals surface area contributed by atoms with Gasteiger partial charge >= 0.3 is 0 Å². The predicted octanol–water partition coefficient (Wildman–Crippen LogP) is 0.967. The zero-order chi connectivity index (χ0) is 11.4. The highest BCUT2D eigenvalue weighted by Crippen LogP contribution is 2.06. The molecule has 16 heavy (non-hydrogen) atoms. The zero-order valence-electron chi connectivity index (χ0n) is 8.81. The van der Waals surface area contributed by atoms with Crippen LogP contribution >= 0.6 is 0 Å². The lowest BCUT2D eigenvalue weighted by Crippen LogP contribution is -2.10. The molecule has 0 aliphatic rings. The van der Waals surface area contributed by atoms with E-state index in [0.717, 1.165) is 11.4 Å². The van der Waals surface area contributed by atoms with Crippen LogP contribution in [-0.2, 0) is 13.0 Å². The highest BCUT2D eigenvalue weighted by Gasteiger charge is 2.03. The number of nitrogens with zero attached hydrogens (tertiary/aromatic N) is 3. The summed E-state index contributed by atoms with van der Waals surface area (Å²) in [4.78, 5) is 0. The first-order chi connectivity index (χ1) is 7.79. The Morgan fingerprint density at radius 1 is 1.25 bits per heavy atom. The molecule has 0 bridgehead atoms. The van der Waals surface area contributed by atoms with Gasteiger partial charge in [0, 0.05) is 6.42 Å². The lowest BCUT2D eigenvalue weighted by molar-refractivity contribution is 0.625. The van der Waals surface area contributed by atoms with Gasteiger partial charge in [-0.25, -0.2) is 4.39 Å². The highest BCUT2D eigenvalue weighted by atomic mass is 19.1. The van der Waals surface area contributed by atoms with E-state index >= 15 is 0 Å². The van der Waals surface area contributed by atoms with E-state index < -0.39 is 0 Å². The summed E-state index contributed by atoms with van der Waals surface area (Å²) in [6, 6.07) is 6.40. The third kappa shape index (κ3) is 2.43. The molecule has 1 aromatic heterocycles. The van der Waals surface area contributed by atoms with Crippen molar-refractivity contribution >= 4 is 0 Å². The summed E-state index contributed by atoms with van der Waals surface area (Å²) in [6.45, 7) is 1.19. The van der Waals surface area contributed by atoms with E-state index in [9.17, 15) is 4.39 Å². The lowest BCUT2D eigenvalue weighted by Gasteiger charge is -2.05. The number of halogens is 1. The molecule has 0 radical (unpaired) electrons. The molecule has 2 rings (SSSR count).